The summed E-state index contributed by atoms with van der Waals surface area (Å²) in [7, 11) is 0. The minimum absolute atomic E-state index is 0.362. The molecule has 0 saturated heterocycles. The molecule has 0 radical (unpaired) electrons. The van der Waals surface area contributed by atoms with Crippen LogP contribution in [0.1, 0.15) is 27.8 Å². The second kappa shape index (κ2) is 6.65. The highest BCUT2D eigenvalue weighted by molar-refractivity contribution is 5.73. The van der Waals surface area contributed by atoms with Crippen molar-refractivity contribution in [2.45, 2.75) is 40.2 Å². The highest BCUT2D eigenvalue weighted by atomic mass is 16.5. The average Bonchev–Trinajstić information content (AvgIpc) is 2.41. The highest BCUT2D eigenvalue weighted by Gasteiger charge is 2.22. The molecule has 0 aliphatic carbocycles. The van der Waals surface area contributed by atoms with Crippen LogP contribution >= 0.6 is 0 Å². The summed E-state index contributed by atoms with van der Waals surface area (Å²) in [5.74, 6) is -0.351. The molecule has 0 bridgehead atoms. The monoisotopic (exact) mass is 298 g/mol. The maximum absolute atomic E-state index is 11.6. The number of aliphatic carboxylic acids is 1. The van der Waals surface area contributed by atoms with Crippen LogP contribution in [-0.2, 0) is 11.2 Å². The van der Waals surface area contributed by atoms with Gasteiger partial charge in [0, 0.05) is 6.42 Å². The van der Waals surface area contributed by atoms with Crippen molar-refractivity contribution in [3.05, 3.63) is 64.2 Å². The van der Waals surface area contributed by atoms with Crippen molar-refractivity contribution in [1.82, 2.24) is 0 Å². The molecule has 0 spiro atoms. The summed E-state index contributed by atoms with van der Waals surface area (Å²) in [4.78, 5) is 11.6. The van der Waals surface area contributed by atoms with E-state index in [1.807, 2.05) is 45.9 Å². The molecule has 1 N–H and O–H groups in total. The molecule has 0 fully saturated rings. The van der Waals surface area contributed by atoms with Crippen molar-refractivity contribution in [3.63, 3.8) is 0 Å². The number of rotatable bonds is 5. The van der Waals surface area contributed by atoms with E-state index in [-0.39, 0.29) is 0 Å². The summed E-state index contributed by atoms with van der Waals surface area (Å²) in [6.45, 7) is 8.03. The first-order valence-corrected chi connectivity index (χ1v) is 7.39. The van der Waals surface area contributed by atoms with Crippen LogP contribution in [0.2, 0.25) is 0 Å². The number of carboxylic acids is 1. The van der Waals surface area contributed by atoms with E-state index in [0.717, 1.165) is 22.3 Å². The standard InChI is InChI=1S/C19H22O3/c1-12-6-5-7-16(10-12)22-18(19(20)21)11-17-14(3)8-13(2)9-15(17)4/h5-10,18H,11H2,1-4H3,(H,20,21). The molecule has 0 amide bonds. The van der Waals surface area contributed by atoms with Gasteiger partial charge in [0.25, 0.3) is 0 Å². The Morgan fingerprint density at radius 2 is 1.68 bits per heavy atom. The zero-order chi connectivity index (χ0) is 16.3. The Morgan fingerprint density at radius 3 is 2.23 bits per heavy atom. The molecule has 2 aromatic rings. The van der Waals surface area contributed by atoms with Gasteiger partial charge in [0.05, 0.1) is 0 Å². The van der Waals surface area contributed by atoms with E-state index in [1.165, 1.54) is 5.56 Å². The number of carboxylic acid groups (broad SMARTS) is 1. The minimum Gasteiger partial charge on any atom is -0.478 e. The summed E-state index contributed by atoms with van der Waals surface area (Å²) in [5.41, 5.74) is 5.49. The van der Waals surface area contributed by atoms with Gasteiger partial charge in [0.15, 0.2) is 6.10 Å². The van der Waals surface area contributed by atoms with Crippen molar-refractivity contribution in [3.8, 4) is 5.75 Å². The fraction of sp³-hybridized carbons (Fsp3) is 0.316. The van der Waals surface area contributed by atoms with E-state index in [9.17, 15) is 9.90 Å². The number of aryl methyl sites for hydroxylation is 4. The van der Waals surface area contributed by atoms with Gasteiger partial charge in [0.2, 0.25) is 0 Å². The van der Waals surface area contributed by atoms with Gasteiger partial charge in [-0.25, -0.2) is 4.79 Å². The molecule has 0 aliphatic heterocycles. The Morgan fingerprint density at radius 1 is 1.05 bits per heavy atom. The first kappa shape index (κ1) is 16.1. The summed E-state index contributed by atoms with van der Waals surface area (Å²) >= 11 is 0. The van der Waals surface area contributed by atoms with Crippen LogP contribution in [0.3, 0.4) is 0 Å². The molecule has 2 aromatic carbocycles. The third-order valence-corrected chi connectivity index (χ3v) is 3.77. The summed E-state index contributed by atoms with van der Waals surface area (Å²) < 4.78 is 5.70. The SMILES string of the molecule is Cc1cccc(OC(Cc2c(C)cc(C)cc2C)C(=O)O)c1. The van der Waals surface area contributed by atoms with Crippen LogP contribution in [0.4, 0.5) is 0 Å². The van der Waals surface area contributed by atoms with Crippen molar-refractivity contribution >= 4 is 5.97 Å². The van der Waals surface area contributed by atoms with E-state index in [1.54, 1.807) is 6.07 Å². The number of hydrogen-bond donors (Lipinski definition) is 1. The van der Waals surface area contributed by atoms with Gasteiger partial charge in [-0.3, -0.25) is 0 Å². The summed E-state index contributed by atoms with van der Waals surface area (Å²) in [5, 5.41) is 9.48. The lowest BCUT2D eigenvalue weighted by atomic mass is 9.95. The van der Waals surface area contributed by atoms with Gasteiger partial charge in [-0.05, 0) is 62.1 Å². The summed E-state index contributed by atoms with van der Waals surface area (Å²) in [6, 6.07) is 11.6. The molecular formula is C19H22O3. The van der Waals surface area contributed by atoms with Crippen LogP contribution < -0.4 is 4.74 Å². The molecule has 1 atom stereocenters. The maximum atomic E-state index is 11.6. The topological polar surface area (TPSA) is 46.5 Å². The lowest BCUT2D eigenvalue weighted by Crippen LogP contribution is -2.30. The third-order valence-electron chi connectivity index (χ3n) is 3.77. The average molecular weight is 298 g/mol. The summed E-state index contributed by atoms with van der Waals surface area (Å²) in [6.07, 6.45) is -0.525. The van der Waals surface area contributed by atoms with E-state index in [0.29, 0.717) is 12.2 Å². The molecule has 22 heavy (non-hydrogen) atoms. The molecule has 0 heterocycles. The number of benzene rings is 2. The van der Waals surface area contributed by atoms with Crippen molar-refractivity contribution < 1.29 is 14.6 Å². The Balaban J connectivity index is 2.25. The largest absolute Gasteiger partial charge is 0.478 e. The predicted octanol–water partition coefficient (Wildman–Crippen LogP) is 3.99. The van der Waals surface area contributed by atoms with Crippen molar-refractivity contribution in [1.29, 1.82) is 0 Å². The van der Waals surface area contributed by atoms with Gasteiger partial charge in [-0.1, -0.05) is 29.8 Å². The Hall–Kier alpha value is -2.29. The fourth-order valence-electron chi connectivity index (χ4n) is 2.75. The highest BCUT2D eigenvalue weighted by Crippen LogP contribution is 2.21. The van der Waals surface area contributed by atoms with Crippen LogP contribution in [0.25, 0.3) is 0 Å². The quantitative estimate of drug-likeness (QED) is 0.907. The van der Waals surface area contributed by atoms with Gasteiger partial charge >= 0.3 is 5.97 Å². The predicted molar refractivity (Wildman–Crippen MR) is 87.6 cm³/mol. The van der Waals surface area contributed by atoms with Gasteiger partial charge < -0.3 is 9.84 Å². The third kappa shape index (κ3) is 3.88. The zero-order valence-electron chi connectivity index (χ0n) is 13.5. The number of carbonyl (C=O) groups is 1. The van der Waals surface area contributed by atoms with E-state index < -0.39 is 12.1 Å². The second-order valence-electron chi connectivity index (χ2n) is 5.84. The lowest BCUT2D eigenvalue weighted by molar-refractivity contribution is -0.145. The smallest absolute Gasteiger partial charge is 0.345 e. The number of ether oxygens (including phenoxy) is 1. The maximum Gasteiger partial charge on any atom is 0.345 e. The molecule has 3 nitrogen and oxygen atoms in total. The van der Waals surface area contributed by atoms with Crippen LogP contribution in [0.15, 0.2) is 36.4 Å². The number of hydrogen-bond acceptors (Lipinski definition) is 2. The Bertz CT molecular complexity index is 666. The van der Waals surface area contributed by atoms with E-state index >= 15 is 0 Å². The van der Waals surface area contributed by atoms with Crippen LogP contribution in [0.5, 0.6) is 5.75 Å². The second-order valence-corrected chi connectivity index (χ2v) is 5.84. The normalized spacial score (nSPS) is 12.0. The Kier molecular flexibility index (Phi) is 4.86. The van der Waals surface area contributed by atoms with Crippen molar-refractivity contribution in [2.24, 2.45) is 0 Å². The lowest BCUT2D eigenvalue weighted by Gasteiger charge is -2.18. The first-order chi connectivity index (χ1) is 10.4. The first-order valence-electron chi connectivity index (χ1n) is 7.39. The van der Waals surface area contributed by atoms with Crippen LogP contribution in [0, 0.1) is 27.7 Å². The van der Waals surface area contributed by atoms with Gasteiger partial charge in [-0.2, -0.15) is 0 Å². The fourth-order valence-corrected chi connectivity index (χ4v) is 2.75. The molecule has 116 valence electrons. The van der Waals surface area contributed by atoms with Crippen molar-refractivity contribution in [2.75, 3.05) is 0 Å². The Labute approximate surface area is 131 Å². The van der Waals surface area contributed by atoms with Gasteiger partial charge in [0.1, 0.15) is 5.75 Å². The van der Waals surface area contributed by atoms with Gasteiger partial charge in [-0.15, -0.1) is 0 Å². The molecular weight excluding hydrogens is 276 g/mol. The molecule has 0 saturated carbocycles. The zero-order valence-corrected chi connectivity index (χ0v) is 13.5. The molecule has 3 heteroatoms. The minimum atomic E-state index is -0.944. The van der Waals surface area contributed by atoms with E-state index in [2.05, 4.69) is 12.1 Å². The van der Waals surface area contributed by atoms with E-state index in [4.69, 9.17) is 4.74 Å². The molecule has 0 aliphatic rings. The molecule has 0 aromatic heterocycles. The molecule has 2 rings (SSSR count). The van der Waals surface area contributed by atoms with Crippen LogP contribution in [-0.4, -0.2) is 17.2 Å². The molecule has 1 unspecified atom stereocenters.